The average Bonchev–Trinajstić information content (AvgIpc) is 3.65. The molecular weight excluding hydrogens is 617 g/mol. The van der Waals surface area contributed by atoms with Gasteiger partial charge < -0.3 is 4.74 Å². The molecule has 11 rings (SSSR count). The molecule has 1 spiro atoms. The number of benzene rings is 8. The second-order valence-electron chi connectivity index (χ2n) is 14.8. The van der Waals surface area contributed by atoms with E-state index in [1.807, 2.05) is 0 Å². The van der Waals surface area contributed by atoms with Crippen LogP contribution in [-0.4, -0.2) is 0 Å². The van der Waals surface area contributed by atoms with E-state index in [0.717, 1.165) is 11.5 Å². The van der Waals surface area contributed by atoms with Crippen molar-refractivity contribution in [3.63, 3.8) is 0 Å². The summed E-state index contributed by atoms with van der Waals surface area (Å²) in [4.78, 5) is 0. The van der Waals surface area contributed by atoms with Crippen molar-refractivity contribution in [2.45, 2.75) is 24.7 Å². The summed E-state index contributed by atoms with van der Waals surface area (Å²) in [6.45, 7) is 4.61. The van der Waals surface area contributed by atoms with Gasteiger partial charge in [-0.3, -0.25) is 0 Å². The molecule has 0 saturated carbocycles. The number of ether oxygens (including phenoxy) is 1. The monoisotopic (exact) mass is 650 g/mol. The lowest BCUT2D eigenvalue weighted by Crippen LogP contribution is -2.25. The molecule has 0 saturated heterocycles. The Balaban J connectivity index is 1.14. The predicted octanol–water partition coefficient (Wildman–Crippen LogP) is 12.9. The van der Waals surface area contributed by atoms with E-state index in [1.54, 1.807) is 0 Å². The van der Waals surface area contributed by atoms with E-state index in [4.69, 9.17) is 4.74 Å². The molecule has 1 unspecified atom stereocenters. The third kappa shape index (κ3) is 3.71. The number of rotatable bonds is 2. The molecule has 1 aliphatic heterocycles. The van der Waals surface area contributed by atoms with Crippen LogP contribution in [0.2, 0.25) is 0 Å². The molecule has 51 heavy (non-hydrogen) atoms. The number of fused-ring (bicyclic) bond motifs is 14. The molecular formula is C50H34O. The average molecular weight is 651 g/mol. The van der Waals surface area contributed by atoms with Crippen LogP contribution in [0.3, 0.4) is 0 Å². The van der Waals surface area contributed by atoms with Crippen LogP contribution >= 0.6 is 0 Å². The fourth-order valence-corrected chi connectivity index (χ4v) is 9.67. The first kappa shape index (κ1) is 28.6. The van der Waals surface area contributed by atoms with Gasteiger partial charge in [0.05, 0.1) is 5.41 Å². The Morgan fingerprint density at radius 3 is 1.71 bits per heavy atom. The van der Waals surface area contributed by atoms with Crippen molar-refractivity contribution in [3.8, 4) is 56.0 Å². The Morgan fingerprint density at radius 1 is 0.373 bits per heavy atom. The van der Waals surface area contributed by atoms with Crippen molar-refractivity contribution in [1.82, 2.24) is 0 Å². The minimum atomic E-state index is -0.409. The highest BCUT2D eigenvalue weighted by molar-refractivity contribution is 6.06. The van der Waals surface area contributed by atoms with Crippen molar-refractivity contribution in [2.24, 2.45) is 0 Å². The maximum absolute atomic E-state index is 6.44. The van der Waals surface area contributed by atoms with Crippen LogP contribution in [0.25, 0.3) is 55.3 Å². The van der Waals surface area contributed by atoms with Crippen LogP contribution in [0.4, 0.5) is 0 Å². The van der Waals surface area contributed by atoms with Crippen molar-refractivity contribution in [2.75, 3.05) is 0 Å². The second-order valence-corrected chi connectivity index (χ2v) is 14.8. The first-order chi connectivity index (χ1) is 25.0. The van der Waals surface area contributed by atoms with E-state index in [-0.39, 0.29) is 5.41 Å². The van der Waals surface area contributed by atoms with Crippen molar-refractivity contribution in [3.05, 3.63) is 203 Å². The van der Waals surface area contributed by atoms with Crippen LogP contribution < -0.4 is 4.74 Å². The van der Waals surface area contributed by atoms with Gasteiger partial charge >= 0.3 is 0 Å². The van der Waals surface area contributed by atoms with Gasteiger partial charge in [0, 0.05) is 16.5 Å². The molecule has 0 bridgehead atoms. The lowest BCUT2D eigenvalue weighted by atomic mass is 9.70. The van der Waals surface area contributed by atoms with Gasteiger partial charge in [0.15, 0.2) is 0 Å². The molecule has 1 heteroatoms. The van der Waals surface area contributed by atoms with Crippen LogP contribution in [-0.2, 0) is 10.8 Å². The first-order valence-electron chi connectivity index (χ1n) is 17.9. The Hall–Kier alpha value is -6.18. The minimum Gasteiger partial charge on any atom is -0.457 e. The summed E-state index contributed by atoms with van der Waals surface area (Å²) in [5, 5.41) is 2.59. The van der Waals surface area contributed by atoms with Crippen LogP contribution in [0.15, 0.2) is 170 Å². The van der Waals surface area contributed by atoms with Crippen molar-refractivity contribution >= 4 is 10.8 Å². The zero-order valence-corrected chi connectivity index (χ0v) is 28.6. The van der Waals surface area contributed by atoms with Crippen molar-refractivity contribution < 1.29 is 4.74 Å². The van der Waals surface area contributed by atoms with Gasteiger partial charge in [0.25, 0.3) is 0 Å². The predicted molar refractivity (Wildman–Crippen MR) is 210 cm³/mol. The molecule has 0 radical (unpaired) electrons. The van der Waals surface area contributed by atoms with Gasteiger partial charge in [-0.25, -0.2) is 0 Å². The summed E-state index contributed by atoms with van der Waals surface area (Å²) < 4.78 is 6.44. The molecule has 2 aliphatic carbocycles. The van der Waals surface area contributed by atoms with Gasteiger partial charge in [0.2, 0.25) is 0 Å². The SMILES string of the molecule is CC1(C)c2ccccc2Oc2ccc(-c3ccccc3-c3ccc4c(c3)C3(c5ccccc5-4)c4ccccc4-c4c3ccc3ccccc43)cc21. The van der Waals surface area contributed by atoms with Gasteiger partial charge in [-0.05, 0) is 102 Å². The van der Waals surface area contributed by atoms with Gasteiger partial charge in [-0.2, -0.15) is 0 Å². The van der Waals surface area contributed by atoms with E-state index >= 15 is 0 Å². The molecule has 1 nitrogen and oxygen atoms in total. The molecule has 8 aromatic rings. The minimum absolute atomic E-state index is 0.186. The smallest absolute Gasteiger partial charge is 0.131 e. The fraction of sp³-hybridized carbons (Fsp3) is 0.0800. The summed E-state index contributed by atoms with van der Waals surface area (Å²) in [6.07, 6.45) is 0. The highest BCUT2D eigenvalue weighted by Gasteiger charge is 2.52. The normalized spacial score (nSPS) is 16.8. The van der Waals surface area contributed by atoms with Gasteiger partial charge in [0.1, 0.15) is 11.5 Å². The molecule has 0 N–H and O–H groups in total. The Bertz CT molecular complexity index is 2770. The largest absolute Gasteiger partial charge is 0.457 e. The molecule has 0 amide bonds. The highest BCUT2D eigenvalue weighted by atomic mass is 16.5. The molecule has 0 aromatic heterocycles. The van der Waals surface area contributed by atoms with E-state index in [0.29, 0.717) is 0 Å². The standard InChI is InChI=1S/C50H34O/c1-49(2)42-21-11-12-22-46(42)51-47-28-25-33(30-45(47)49)35-15-6-5-14-34(35)32-23-26-38-37-17-7-9-19-40(37)50(44(38)29-32)41-20-10-8-18-39(41)48-36-16-4-3-13-31(36)24-27-43(48)50/h3-30H,1-2H3. The topological polar surface area (TPSA) is 9.23 Å². The number of para-hydroxylation sites is 1. The molecule has 1 atom stereocenters. The Labute approximate surface area is 298 Å². The zero-order valence-electron chi connectivity index (χ0n) is 28.6. The van der Waals surface area contributed by atoms with Crippen molar-refractivity contribution in [1.29, 1.82) is 0 Å². The van der Waals surface area contributed by atoms with Crippen LogP contribution in [0.1, 0.15) is 47.2 Å². The summed E-state index contributed by atoms with van der Waals surface area (Å²) in [6, 6.07) is 63.0. The summed E-state index contributed by atoms with van der Waals surface area (Å²) in [5.41, 5.74) is 17.5. The maximum Gasteiger partial charge on any atom is 0.131 e. The summed E-state index contributed by atoms with van der Waals surface area (Å²) >= 11 is 0. The second kappa shape index (κ2) is 10.2. The quantitative estimate of drug-likeness (QED) is 0.181. The van der Waals surface area contributed by atoms with E-state index in [2.05, 4.69) is 184 Å². The number of hydrogen-bond donors (Lipinski definition) is 0. The van der Waals surface area contributed by atoms with Crippen LogP contribution in [0, 0.1) is 0 Å². The first-order valence-corrected chi connectivity index (χ1v) is 17.9. The third-order valence-electron chi connectivity index (χ3n) is 12.0. The lowest BCUT2D eigenvalue weighted by Gasteiger charge is -2.34. The lowest BCUT2D eigenvalue weighted by molar-refractivity contribution is 0.418. The summed E-state index contributed by atoms with van der Waals surface area (Å²) in [5.74, 6) is 1.88. The molecule has 240 valence electrons. The van der Waals surface area contributed by atoms with E-state index in [9.17, 15) is 0 Å². The third-order valence-corrected chi connectivity index (χ3v) is 12.0. The molecule has 8 aromatic carbocycles. The van der Waals surface area contributed by atoms with Gasteiger partial charge in [-0.1, -0.05) is 159 Å². The molecule has 3 aliphatic rings. The van der Waals surface area contributed by atoms with Gasteiger partial charge in [-0.15, -0.1) is 0 Å². The van der Waals surface area contributed by atoms with E-state index in [1.165, 1.54) is 88.7 Å². The van der Waals surface area contributed by atoms with Crippen LogP contribution in [0.5, 0.6) is 11.5 Å². The molecule has 1 heterocycles. The summed E-state index contributed by atoms with van der Waals surface area (Å²) in [7, 11) is 0. The maximum atomic E-state index is 6.44. The Morgan fingerprint density at radius 2 is 0.922 bits per heavy atom. The zero-order chi connectivity index (χ0) is 33.9. The molecule has 0 fully saturated rings. The number of hydrogen-bond acceptors (Lipinski definition) is 1. The highest BCUT2D eigenvalue weighted by Crippen LogP contribution is 2.64. The Kier molecular flexibility index (Phi) is 5.72. The van der Waals surface area contributed by atoms with E-state index < -0.39 is 5.41 Å². The fourth-order valence-electron chi connectivity index (χ4n) is 9.67.